The lowest BCUT2D eigenvalue weighted by atomic mass is 10.2. The Bertz CT molecular complexity index is 439. The maximum atomic E-state index is 10.7. The van der Waals surface area contributed by atoms with E-state index in [0.29, 0.717) is 5.56 Å². The summed E-state index contributed by atoms with van der Waals surface area (Å²) in [6.45, 7) is 2.13. The van der Waals surface area contributed by atoms with Gasteiger partial charge < -0.3 is 9.84 Å². The molecule has 0 radical (unpaired) electrons. The van der Waals surface area contributed by atoms with Gasteiger partial charge in [-0.2, -0.15) is 0 Å². The summed E-state index contributed by atoms with van der Waals surface area (Å²) in [6.07, 6.45) is 3.98. The highest BCUT2D eigenvalue weighted by atomic mass is 16.5. The third-order valence-electron chi connectivity index (χ3n) is 3.64. The van der Waals surface area contributed by atoms with Crippen molar-refractivity contribution in [3.05, 3.63) is 29.8 Å². The van der Waals surface area contributed by atoms with Crippen molar-refractivity contribution in [1.82, 2.24) is 4.90 Å². The van der Waals surface area contributed by atoms with Crippen LogP contribution in [-0.4, -0.2) is 41.2 Å². The van der Waals surface area contributed by atoms with Gasteiger partial charge >= 0.3 is 5.97 Å². The van der Waals surface area contributed by atoms with E-state index in [0.717, 1.165) is 31.3 Å². The molecule has 0 aromatic heterocycles. The first-order valence-electron chi connectivity index (χ1n) is 6.46. The Morgan fingerprint density at radius 3 is 2.56 bits per heavy atom. The lowest BCUT2D eigenvalue weighted by Gasteiger charge is -2.16. The van der Waals surface area contributed by atoms with Gasteiger partial charge in [0.25, 0.3) is 0 Å². The van der Waals surface area contributed by atoms with Crippen LogP contribution in [-0.2, 0) is 0 Å². The maximum absolute atomic E-state index is 10.7. The summed E-state index contributed by atoms with van der Waals surface area (Å²) in [4.78, 5) is 13.2. The molecule has 2 aliphatic rings. The number of likely N-dealkylation sites (tertiary alicyclic amines) is 1. The summed E-state index contributed by atoms with van der Waals surface area (Å²) < 4.78 is 5.88. The molecule has 96 valence electrons. The number of hydrogen-bond acceptors (Lipinski definition) is 3. The SMILES string of the molecule is O=C(O)c1ccc(OC2CCN(C3CC3)C2)cc1. The molecule has 0 spiro atoms. The summed E-state index contributed by atoms with van der Waals surface area (Å²) in [5.74, 6) is -0.134. The predicted molar refractivity (Wildman–Crippen MR) is 67.0 cm³/mol. The lowest BCUT2D eigenvalue weighted by Crippen LogP contribution is -2.26. The van der Waals surface area contributed by atoms with E-state index >= 15 is 0 Å². The van der Waals surface area contributed by atoms with Crippen molar-refractivity contribution in [1.29, 1.82) is 0 Å². The fraction of sp³-hybridized carbons (Fsp3) is 0.500. The summed E-state index contributed by atoms with van der Waals surface area (Å²) in [5, 5.41) is 8.82. The van der Waals surface area contributed by atoms with Crippen LogP contribution in [0.4, 0.5) is 0 Å². The number of carboxylic acids is 1. The minimum atomic E-state index is -0.901. The summed E-state index contributed by atoms with van der Waals surface area (Å²) in [5.41, 5.74) is 0.299. The van der Waals surface area contributed by atoms with Gasteiger partial charge in [-0.3, -0.25) is 4.90 Å². The maximum Gasteiger partial charge on any atom is 0.335 e. The van der Waals surface area contributed by atoms with Crippen LogP contribution in [0.2, 0.25) is 0 Å². The molecule has 1 heterocycles. The molecule has 1 atom stereocenters. The zero-order chi connectivity index (χ0) is 12.5. The molecule has 1 saturated heterocycles. The third kappa shape index (κ3) is 2.48. The number of carboxylic acid groups (broad SMARTS) is 1. The van der Waals surface area contributed by atoms with Crippen molar-refractivity contribution in [2.45, 2.75) is 31.4 Å². The molecule has 1 aliphatic carbocycles. The molecule has 0 amide bonds. The highest BCUT2D eigenvalue weighted by Crippen LogP contribution is 2.31. The van der Waals surface area contributed by atoms with Crippen LogP contribution < -0.4 is 4.74 Å². The summed E-state index contributed by atoms with van der Waals surface area (Å²) in [7, 11) is 0. The number of hydrogen-bond donors (Lipinski definition) is 1. The lowest BCUT2D eigenvalue weighted by molar-refractivity contribution is 0.0697. The highest BCUT2D eigenvalue weighted by molar-refractivity contribution is 5.87. The van der Waals surface area contributed by atoms with Gasteiger partial charge in [0.05, 0.1) is 5.56 Å². The van der Waals surface area contributed by atoms with Crippen LogP contribution in [0.5, 0.6) is 5.75 Å². The monoisotopic (exact) mass is 247 g/mol. The van der Waals surface area contributed by atoms with Crippen molar-refractivity contribution in [3.63, 3.8) is 0 Å². The molecule has 1 unspecified atom stereocenters. The fourth-order valence-corrected chi connectivity index (χ4v) is 2.49. The topological polar surface area (TPSA) is 49.8 Å². The van der Waals surface area contributed by atoms with E-state index in [1.165, 1.54) is 12.8 Å². The minimum Gasteiger partial charge on any atom is -0.489 e. The van der Waals surface area contributed by atoms with Crippen LogP contribution in [0.15, 0.2) is 24.3 Å². The quantitative estimate of drug-likeness (QED) is 0.884. The number of benzene rings is 1. The Balaban J connectivity index is 1.57. The van der Waals surface area contributed by atoms with Crippen LogP contribution >= 0.6 is 0 Å². The molecule has 0 bridgehead atoms. The third-order valence-corrected chi connectivity index (χ3v) is 3.64. The van der Waals surface area contributed by atoms with Crippen molar-refractivity contribution < 1.29 is 14.6 Å². The first-order valence-corrected chi connectivity index (χ1v) is 6.46. The second-order valence-electron chi connectivity index (χ2n) is 5.08. The highest BCUT2D eigenvalue weighted by Gasteiger charge is 2.35. The normalized spacial score (nSPS) is 24.1. The molecule has 1 aromatic rings. The van der Waals surface area contributed by atoms with Crippen molar-refractivity contribution >= 4 is 5.97 Å². The molecular weight excluding hydrogens is 230 g/mol. The standard InChI is InChI=1S/C14H17NO3/c16-14(17)10-1-5-12(6-2-10)18-13-7-8-15(9-13)11-3-4-11/h1-2,5-6,11,13H,3-4,7-9H2,(H,16,17). The van der Waals surface area contributed by atoms with Crippen LogP contribution in [0, 0.1) is 0 Å². The molecular formula is C14H17NO3. The van der Waals surface area contributed by atoms with E-state index < -0.39 is 5.97 Å². The van der Waals surface area contributed by atoms with Crippen molar-refractivity contribution in [2.24, 2.45) is 0 Å². The Labute approximate surface area is 106 Å². The Morgan fingerprint density at radius 2 is 1.94 bits per heavy atom. The van der Waals surface area contributed by atoms with E-state index in [4.69, 9.17) is 9.84 Å². The van der Waals surface area contributed by atoms with Crippen LogP contribution in [0.25, 0.3) is 0 Å². The van der Waals surface area contributed by atoms with Gasteiger partial charge in [0.1, 0.15) is 11.9 Å². The molecule has 4 heteroatoms. The Hall–Kier alpha value is -1.55. The van der Waals surface area contributed by atoms with Gasteiger partial charge in [0, 0.05) is 19.1 Å². The minimum absolute atomic E-state index is 0.251. The number of carbonyl (C=O) groups is 1. The van der Waals surface area contributed by atoms with Gasteiger partial charge in [-0.15, -0.1) is 0 Å². The van der Waals surface area contributed by atoms with Gasteiger partial charge in [-0.25, -0.2) is 4.79 Å². The first-order chi connectivity index (χ1) is 8.72. The van der Waals surface area contributed by atoms with Gasteiger partial charge in [0.15, 0.2) is 0 Å². The Morgan fingerprint density at radius 1 is 1.22 bits per heavy atom. The van der Waals surface area contributed by atoms with Gasteiger partial charge in [0.2, 0.25) is 0 Å². The zero-order valence-electron chi connectivity index (χ0n) is 10.2. The molecule has 3 rings (SSSR count). The fourth-order valence-electron chi connectivity index (χ4n) is 2.49. The second-order valence-corrected chi connectivity index (χ2v) is 5.08. The first kappa shape index (κ1) is 11.5. The summed E-state index contributed by atoms with van der Waals surface area (Å²) in [6, 6.07) is 7.45. The predicted octanol–water partition coefficient (Wildman–Crippen LogP) is 2.00. The van der Waals surface area contributed by atoms with E-state index in [9.17, 15) is 4.79 Å². The largest absolute Gasteiger partial charge is 0.489 e. The van der Waals surface area contributed by atoms with E-state index in [1.54, 1.807) is 24.3 Å². The van der Waals surface area contributed by atoms with Crippen molar-refractivity contribution in [2.75, 3.05) is 13.1 Å². The Kier molecular flexibility index (Phi) is 2.96. The van der Waals surface area contributed by atoms with Crippen LogP contribution in [0.1, 0.15) is 29.6 Å². The number of rotatable bonds is 4. The van der Waals surface area contributed by atoms with Gasteiger partial charge in [-0.1, -0.05) is 0 Å². The average molecular weight is 247 g/mol. The van der Waals surface area contributed by atoms with Crippen LogP contribution in [0.3, 0.4) is 0 Å². The number of aromatic carboxylic acids is 1. The molecule has 1 saturated carbocycles. The summed E-state index contributed by atoms with van der Waals surface area (Å²) >= 11 is 0. The zero-order valence-corrected chi connectivity index (χ0v) is 10.2. The number of nitrogens with zero attached hydrogens (tertiary/aromatic N) is 1. The van der Waals surface area contributed by atoms with Gasteiger partial charge in [-0.05, 0) is 43.5 Å². The molecule has 2 fully saturated rings. The molecule has 1 aliphatic heterocycles. The average Bonchev–Trinajstić information content (AvgIpc) is 3.11. The smallest absolute Gasteiger partial charge is 0.335 e. The second kappa shape index (κ2) is 4.61. The molecule has 1 N–H and O–H groups in total. The van der Waals surface area contributed by atoms with Crippen molar-refractivity contribution in [3.8, 4) is 5.75 Å². The molecule has 18 heavy (non-hydrogen) atoms. The number of ether oxygens (including phenoxy) is 1. The van der Waals surface area contributed by atoms with E-state index in [-0.39, 0.29) is 6.10 Å². The van der Waals surface area contributed by atoms with E-state index in [1.807, 2.05) is 0 Å². The molecule has 1 aromatic carbocycles. The molecule has 4 nitrogen and oxygen atoms in total. The van der Waals surface area contributed by atoms with E-state index in [2.05, 4.69) is 4.90 Å².